The van der Waals surface area contributed by atoms with Gasteiger partial charge in [0.2, 0.25) is 0 Å². The highest BCUT2D eigenvalue weighted by atomic mass is 16.6. The van der Waals surface area contributed by atoms with E-state index in [-0.39, 0.29) is 11.2 Å². The Kier molecular flexibility index (Phi) is 8.19. The fourth-order valence-corrected chi connectivity index (χ4v) is 2.95. The lowest BCUT2D eigenvalue weighted by molar-refractivity contribution is -0.154. The Morgan fingerprint density at radius 3 is 1.84 bits per heavy atom. The third-order valence-corrected chi connectivity index (χ3v) is 5.63. The van der Waals surface area contributed by atoms with Gasteiger partial charge in [-0.25, -0.2) is 4.79 Å². The summed E-state index contributed by atoms with van der Waals surface area (Å²) in [7, 11) is 0. The molecule has 0 N–H and O–H groups in total. The molecule has 4 nitrogen and oxygen atoms in total. The Bertz CT molecular complexity index is 894. The Morgan fingerprint density at radius 2 is 1.42 bits per heavy atom. The topological polar surface area (TPSA) is 59.3 Å². The highest BCUT2D eigenvalue weighted by Gasteiger charge is 2.29. The van der Waals surface area contributed by atoms with Crippen LogP contribution in [0.4, 0.5) is 0 Å². The average Bonchev–Trinajstić information content (AvgIpc) is 2.72. The SMILES string of the molecule is CC(C)C(C)(C)OCCC(C)(C)OC(=O)C(C#N)=C(c1ccccc1)c1ccccc1. The van der Waals surface area contributed by atoms with Crippen molar-refractivity contribution in [1.82, 2.24) is 0 Å². The minimum absolute atomic E-state index is 0.00564. The van der Waals surface area contributed by atoms with Crippen LogP contribution in [0.5, 0.6) is 0 Å². The summed E-state index contributed by atoms with van der Waals surface area (Å²) >= 11 is 0. The van der Waals surface area contributed by atoms with Crippen molar-refractivity contribution in [2.75, 3.05) is 6.61 Å². The molecule has 0 aliphatic heterocycles. The molecule has 164 valence electrons. The number of hydrogen-bond acceptors (Lipinski definition) is 4. The predicted octanol–water partition coefficient (Wildman–Crippen LogP) is 6.18. The minimum Gasteiger partial charge on any atom is -0.455 e. The second kappa shape index (κ2) is 10.4. The smallest absolute Gasteiger partial charge is 0.350 e. The fourth-order valence-electron chi connectivity index (χ4n) is 2.95. The van der Waals surface area contributed by atoms with Crippen LogP contribution < -0.4 is 0 Å². The number of nitrogens with zero attached hydrogens (tertiary/aromatic N) is 1. The molecule has 4 heteroatoms. The number of rotatable bonds is 9. The quantitative estimate of drug-likeness (QED) is 0.277. The standard InChI is InChI=1S/C27H33NO3/c1-20(2)27(5,6)30-18-17-26(3,4)31-25(29)23(19-28)24(21-13-9-7-10-14-21)22-15-11-8-12-16-22/h7-16,20H,17-18H2,1-6H3. The molecule has 0 heterocycles. The van der Waals surface area contributed by atoms with E-state index >= 15 is 0 Å². The van der Waals surface area contributed by atoms with E-state index < -0.39 is 11.6 Å². The second-order valence-electron chi connectivity index (χ2n) is 9.10. The Balaban J connectivity index is 2.29. The molecule has 0 atom stereocenters. The highest BCUT2D eigenvalue weighted by molar-refractivity contribution is 6.05. The summed E-state index contributed by atoms with van der Waals surface area (Å²) in [6.45, 7) is 12.5. The summed E-state index contributed by atoms with van der Waals surface area (Å²) in [5.74, 6) is -0.260. The third kappa shape index (κ3) is 6.80. The number of carbonyl (C=O) groups is 1. The summed E-state index contributed by atoms with van der Waals surface area (Å²) in [5, 5.41) is 9.90. The van der Waals surface area contributed by atoms with Gasteiger partial charge in [0.25, 0.3) is 0 Å². The molecule has 0 aromatic heterocycles. The van der Waals surface area contributed by atoms with Gasteiger partial charge in [-0.15, -0.1) is 0 Å². The minimum atomic E-state index is -0.773. The lowest BCUT2D eigenvalue weighted by atomic mass is 9.93. The molecule has 31 heavy (non-hydrogen) atoms. The summed E-state index contributed by atoms with van der Waals surface area (Å²) in [5.41, 5.74) is 1.12. The van der Waals surface area contributed by atoms with Crippen LogP contribution in [0.15, 0.2) is 66.2 Å². The van der Waals surface area contributed by atoms with Crippen molar-refractivity contribution >= 4 is 11.5 Å². The molecule has 0 aliphatic rings. The van der Waals surface area contributed by atoms with Gasteiger partial charge in [0, 0.05) is 12.0 Å². The number of nitriles is 1. The molecule has 0 bridgehead atoms. The van der Waals surface area contributed by atoms with Crippen LogP contribution in [0.1, 0.15) is 59.1 Å². The molecule has 0 fully saturated rings. The first-order valence-electron chi connectivity index (χ1n) is 10.7. The van der Waals surface area contributed by atoms with Crippen LogP contribution in [0.25, 0.3) is 5.57 Å². The molecule has 2 rings (SSSR count). The molecular weight excluding hydrogens is 386 g/mol. The average molecular weight is 420 g/mol. The monoisotopic (exact) mass is 419 g/mol. The Hall–Kier alpha value is -2.90. The molecule has 2 aromatic rings. The van der Waals surface area contributed by atoms with Gasteiger partial charge in [-0.1, -0.05) is 74.5 Å². The number of benzene rings is 2. The van der Waals surface area contributed by atoms with E-state index in [0.717, 1.165) is 11.1 Å². The van der Waals surface area contributed by atoms with E-state index in [1.165, 1.54) is 0 Å². The number of hydrogen-bond donors (Lipinski definition) is 0. The first kappa shape index (κ1) is 24.4. The molecule has 0 saturated heterocycles. The van der Waals surface area contributed by atoms with E-state index in [0.29, 0.717) is 24.5 Å². The number of carbonyl (C=O) groups excluding carboxylic acids is 1. The van der Waals surface area contributed by atoms with Crippen LogP contribution >= 0.6 is 0 Å². The predicted molar refractivity (Wildman–Crippen MR) is 124 cm³/mol. The van der Waals surface area contributed by atoms with Crippen molar-refractivity contribution < 1.29 is 14.3 Å². The zero-order chi connectivity index (χ0) is 23.1. The molecular formula is C27H33NO3. The van der Waals surface area contributed by atoms with Gasteiger partial charge in [-0.3, -0.25) is 0 Å². The largest absolute Gasteiger partial charge is 0.455 e. The van der Waals surface area contributed by atoms with Gasteiger partial charge in [0.15, 0.2) is 0 Å². The summed E-state index contributed by atoms with van der Waals surface area (Å²) in [6, 6.07) is 21.0. The number of ether oxygens (including phenoxy) is 2. The maximum Gasteiger partial charge on any atom is 0.350 e. The third-order valence-electron chi connectivity index (χ3n) is 5.63. The van der Waals surface area contributed by atoms with Gasteiger partial charge in [-0.05, 0) is 44.7 Å². The van der Waals surface area contributed by atoms with E-state index in [9.17, 15) is 10.1 Å². The first-order valence-corrected chi connectivity index (χ1v) is 10.7. The van der Waals surface area contributed by atoms with Crippen molar-refractivity contribution in [3.05, 3.63) is 77.4 Å². The molecule has 0 spiro atoms. The maximum absolute atomic E-state index is 13.1. The zero-order valence-corrected chi connectivity index (χ0v) is 19.4. The molecule has 0 radical (unpaired) electrons. The lowest BCUT2D eigenvalue weighted by Gasteiger charge is -2.32. The van der Waals surface area contributed by atoms with E-state index in [1.54, 1.807) is 0 Å². The van der Waals surface area contributed by atoms with Gasteiger partial charge in [0.05, 0.1) is 12.2 Å². The van der Waals surface area contributed by atoms with E-state index in [4.69, 9.17) is 9.47 Å². The van der Waals surface area contributed by atoms with Gasteiger partial charge < -0.3 is 9.47 Å². The molecule has 0 amide bonds. The van der Waals surface area contributed by atoms with Crippen LogP contribution in [-0.2, 0) is 14.3 Å². The fraction of sp³-hybridized carbons (Fsp3) is 0.407. The zero-order valence-electron chi connectivity index (χ0n) is 19.4. The Morgan fingerprint density at radius 1 is 0.935 bits per heavy atom. The van der Waals surface area contributed by atoms with Crippen LogP contribution in [0.3, 0.4) is 0 Å². The van der Waals surface area contributed by atoms with E-state index in [1.807, 2.05) is 74.5 Å². The summed E-state index contributed by atoms with van der Waals surface area (Å²) in [6.07, 6.45) is 0.527. The summed E-state index contributed by atoms with van der Waals surface area (Å²) in [4.78, 5) is 13.1. The van der Waals surface area contributed by atoms with Crippen molar-refractivity contribution in [3.8, 4) is 6.07 Å². The van der Waals surface area contributed by atoms with E-state index in [2.05, 4.69) is 33.8 Å². The van der Waals surface area contributed by atoms with Gasteiger partial charge >= 0.3 is 5.97 Å². The van der Waals surface area contributed by atoms with Crippen molar-refractivity contribution in [3.63, 3.8) is 0 Å². The molecule has 0 unspecified atom stereocenters. The van der Waals surface area contributed by atoms with Crippen LogP contribution in [-0.4, -0.2) is 23.8 Å². The Labute approximate surface area is 186 Å². The van der Waals surface area contributed by atoms with Crippen molar-refractivity contribution in [2.45, 2.75) is 59.2 Å². The lowest BCUT2D eigenvalue weighted by Crippen LogP contribution is -2.35. The van der Waals surface area contributed by atoms with Crippen LogP contribution in [0, 0.1) is 17.2 Å². The number of esters is 1. The van der Waals surface area contributed by atoms with Gasteiger partial charge in [0.1, 0.15) is 17.2 Å². The molecule has 0 aliphatic carbocycles. The van der Waals surface area contributed by atoms with Crippen molar-refractivity contribution in [2.24, 2.45) is 5.92 Å². The van der Waals surface area contributed by atoms with Gasteiger partial charge in [-0.2, -0.15) is 5.26 Å². The summed E-state index contributed by atoms with van der Waals surface area (Å²) < 4.78 is 11.8. The second-order valence-corrected chi connectivity index (χ2v) is 9.10. The van der Waals surface area contributed by atoms with Crippen molar-refractivity contribution in [1.29, 1.82) is 5.26 Å². The first-order chi connectivity index (χ1) is 14.6. The maximum atomic E-state index is 13.1. The molecule has 2 aromatic carbocycles. The molecule has 0 saturated carbocycles. The van der Waals surface area contributed by atoms with Crippen LogP contribution in [0.2, 0.25) is 0 Å². The highest BCUT2D eigenvalue weighted by Crippen LogP contribution is 2.29. The normalized spacial score (nSPS) is 11.7.